The van der Waals surface area contributed by atoms with Gasteiger partial charge in [0.2, 0.25) is 5.60 Å². The molecule has 0 fully saturated rings. The van der Waals surface area contributed by atoms with Crippen molar-refractivity contribution in [2.75, 3.05) is 13.2 Å². The molecular formula is C33H43NO3. The number of aliphatic carboxylic acids is 1. The van der Waals surface area contributed by atoms with Crippen LogP contribution in [0, 0.1) is 0 Å². The Kier molecular flexibility index (Phi) is 7.83. The van der Waals surface area contributed by atoms with Crippen molar-refractivity contribution < 1.29 is 14.6 Å². The van der Waals surface area contributed by atoms with Gasteiger partial charge in [-0.25, -0.2) is 4.79 Å². The van der Waals surface area contributed by atoms with Crippen LogP contribution in [0.15, 0.2) is 66.8 Å². The zero-order valence-electron chi connectivity index (χ0n) is 23.3. The van der Waals surface area contributed by atoms with E-state index in [0.717, 1.165) is 18.5 Å². The molecule has 0 radical (unpaired) electrons. The average molecular weight is 502 g/mol. The van der Waals surface area contributed by atoms with Gasteiger partial charge in [0.05, 0.1) is 6.61 Å². The van der Waals surface area contributed by atoms with E-state index in [0.29, 0.717) is 12.6 Å². The number of allylic oxidation sites excluding steroid dienone is 2. The largest absolute Gasteiger partial charge is 0.479 e. The number of carboxylic acid groups (broad SMARTS) is 1. The minimum Gasteiger partial charge on any atom is -0.479 e. The molecule has 0 spiro atoms. The van der Waals surface area contributed by atoms with Crippen LogP contribution >= 0.6 is 0 Å². The number of carboxylic acids is 1. The van der Waals surface area contributed by atoms with E-state index in [-0.39, 0.29) is 16.7 Å². The summed E-state index contributed by atoms with van der Waals surface area (Å²) in [5, 5.41) is 13.2. The minimum atomic E-state index is -1.40. The molecule has 0 aliphatic heterocycles. The molecule has 4 rings (SSSR count). The Morgan fingerprint density at radius 3 is 2.27 bits per heavy atom. The zero-order valence-corrected chi connectivity index (χ0v) is 23.3. The molecule has 0 aromatic heterocycles. The van der Waals surface area contributed by atoms with E-state index in [2.05, 4.69) is 89.3 Å². The van der Waals surface area contributed by atoms with Crippen LogP contribution in [0.5, 0.6) is 0 Å². The fourth-order valence-electron chi connectivity index (χ4n) is 5.53. The highest BCUT2D eigenvalue weighted by molar-refractivity contribution is 5.83. The van der Waals surface area contributed by atoms with Gasteiger partial charge in [-0.2, -0.15) is 0 Å². The second kappa shape index (κ2) is 10.6. The minimum absolute atomic E-state index is 0.00614. The summed E-state index contributed by atoms with van der Waals surface area (Å²) in [6, 6.07) is 16.0. The highest BCUT2D eigenvalue weighted by Crippen LogP contribution is 2.47. The monoisotopic (exact) mass is 501 g/mol. The summed E-state index contributed by atoms with van der Waals surface area (Å²) in [4.78, 5) is 12.1. The summed E-state index contributed by atoms with van der Waals surface area (Å²) in [6.07, 6.45) is 10.5. The van der Waals surface area contributed by atoms with Crippen molar-refractivity contribution in [3.63, 3.8) is 0 Å². The van der Waals surface area contributed by atoms with E-state index >= 15 is 0 Å². The number of fused-ring (bicyclic) bond motifs is 1. The van der Waals surface area contributed by atoms with Crippen LogP contribution in [0.25, 0.3) is 11.1 Å². The van der Waals surface area contributed by atoms with E-state index in [1.807, 2.05) is 12.2 Å². The summed E-state index contributed by atoms with van der Waals surface area (Å²) in [7, 11) is 0. The van der Waals surface area contributed by atoms with Gasteiger partial charge in [-0.15, -0.1) is 0 Å². The van der Waals surface area contributed by atoms with E-state index in [1.165, 1.54) is 35.1 Å². The Morgan fingerprint density at radius 1 is 0.973 bits per heavy atom. The zero-order chi connectivity index (χ0) is 26.8. The third kappa shape index (κ3) is 5.91. The highest BCUT2D eigenvalue weighted by Gasteiger charge is 2.38. The molecule has 0 amide bonds. The van der Waals surface area contributed by atoms with Crippen LogP contribution in [0.4, 0.5) is 0 Å². The first kappa shape index (κ1) is 27.3. The topological polar surface area (TPSA) is 58.6 Å². The van der Waals surface area contributed by atoms with Crippen molar-refractivity contribution in [1.29, 1.82) is 0 Å². The number of benzene rings is 2. The van der Waals surface area contributed by atoms with Gasteiger partial charge in [-0.05, 0) is 76.6 Å². The Morgan fingerprint density at radius 2 is 1.62 bits per heavy atom. The molecule has 2 aliphatic rings. The van der Waals surface area contributed by atoms with Crippen LogP contribution in [0.3, 0.4) is 0 Å². The Balaban J connectivity index is 1.53. The first-order valence-electron chi connectivity index (χ1n) is 13.7. The van der Waals surface area contributed by atoms with Gasteiger partial charge in [0.25, 0.3) is 0 Å². The van der Waals surface area contributed by atoms with E-state index < -0.39 is 11.6 Å². The number of carbonyl (C=O) groups is 1. The normalized spacial score (nSPS) is 23.7. The van der Waals surface area contributed by atoms with Crippen molar-refractivity contribution in [2.45, 2.75) is 89.2 Å². The van der Waals surface area contributed by atoms with Crippen molar-refractivity contribution >= 4 is 5.97 Å². The quantitative estimate of drug-likeness (QED) is 0.283. The van der Waals surface area contributed by atoms with Crippen LogP contribution in [-0.4, -0.2) is 35.9 Å². The maximum Gasteiger partial charge on any atom is 0.344 e. The second-order valence-electron chi connectivity index (χ2n) is 12.3. The maximum atomic E-state index is 12.1. The summed E-state index contributed by atoms with van der Waals surface area (Å²) >= 11 is 0. The van der Waals surface area contributed by atoms with Gasteiger partial charge in [0, 0.05) is 12.0 Å². The predicted molar refractivity (Wildman–Crippen MR) is 152 cm³/mol. The lowest BCUT2D eigenvalue weighted by molar-refractivity contribution is -0.154. The molecule has 0 saturated heterocycles. The molecule has 2 aromatic carbocycles. The van der Waals surface area contributed by atoms with Gasteiger partial charge in [-0.1, -0.05) is 96.2 Å². The van der Waals surface area contributed by atoms with Crippen molar-refractivity contribution in [2.24, 2.45) is 0 Å². The number of hydrogen-bond acceptors (Lipinski definition) is 3. The van der Waals surface area contributed by atoms with Gasteiger partial charge < -0.3 is 15.2 Å². The average Bonchev–Trinajstić information content (AvgIpc) is 2.86. The van der Waals surface area contributed by atoms with Gasteiger partial charge in [0.15, 0.2) is 0 Å². The van der Waals surface area contributed by atoms with Crippen molar-refractivity contribution in [3.8, 4) is 11.1 Å². The van der Waals surface area contributed by atoms with Gasteiger partial charge >= 0.3 is 5.97 Å². The fourth-order valence-corrected chi connectivity index (χ4v) is 5.53. The first-order valence-corrected chi connectivity index (χ1v) is 13.7. The molecule has 0 bridgehead atoms. The number of rotatable bonds is 9. The molecule has 2 N–H and O–H groups in total. The first-order chi connectivity index (χ1) is 17.4. The fraction of sp³-hybridized carbons (Fsp3) is 0.485. The molecule has 0 heterocycles. The van der Waals surface area contributed by atoms with E-state index in [4.69, 9.17) is 4.74 Å². The number of nitrogens with one attached hydrogen (secondary N) is 1. The molecule has 198 valence electrons. The summed E-state index contributed by atoms with van der Waals surface area (Å²) < 4.78 is 5.87. The second-order valence-corrected chi connectivity index (χ2v) is 12.3. The highest BCUT2D eigenvalue weighted by atomic mass is 16.5. The molecule has 0 saturated carbocycles. The SMILES string of the molecule is CC(C)NCCCOC1(C(=O)O)C=CC(c2cccc(-c3ccc4c(c3)C(C)(C)CCC4(C)C)c2)C=C1. The van der Waals surface area contributed by atoms with E-state index in [1.54, 1.807) is 12.2 Å². The molecule has 37 heavy (non-hydrogen) atoms. The Bertz CT molecular complexity index is 1170. The van der Waals surface area contributed by atoms with E-state index in [9.17, 15) is 9.90 Å². The van der Waals surface area contributed by atoms with Crippen LogP contribution < -0.4 is 5.32 Å². The molecular weight excluding hydrogens is 458 g/mol. The lowest BCUT2D eigenvalue weighted by Gasteiger charge is -2.42. The molecule has 2 aliphatic carbocycles. The van der Waals surface area contributed by atoms with Crippen LogP contribution in [-0.2, 0) is 20.4 Å². The smallest absolute Gasteiger partial charge is 0.344 e. The molecule has 4 nitrogen and oxygen atoms in total. The Labute approximate surface area is 222 Å². The van der Waals surface area contributed by atoms with Gasteiger partial charge in [0.1, 0.15) is 0 Å². The van der Waals surface area contributed by atoms with Crippen molar-refractivity contribution in [3.05, 3.63) is 83.5 Å². The van der Waals surface area contributed by atoms with Gasteiger partial charge in [-0.3, -0.25) is 0 Å². The van der Waals surface area contributed by atoms with Crippen molar-refractivity contribution in [1.82, 2.24) is 5.32 Å². The molecule has 4 heteroatoms. The summed E-state index contributed by atoms with van der Waals surface area (Å²) in [6.45, 7) is 14.8. The van der Waals surface area contributed by atoms with Crippen LogP contribution in [0.1, 0.15) is 83.4 Å². The molecule has 0 atom stereocenters. The Hall–Kier alpha value is -2.69. The predicted octanol–water partition coefficient (Wildman–Crippen LogP) is 7.14. The third-order valence-electron chi connectivity index (χ3n) is 8.11. The lowest BCUT2D eigenvalue weighted by atomic mass is 9.63. The summed E-state index contributed by atoms with van der Waals surface area (Å²) in [5.74, 6) is -0.977. The van der Waals surface area contributed by atoms with Crippen LogP contribution in [0.2, 0.25) is 0 Å². The summed E-state index contributed by atoms with van der Waals surface area (Å²) in [5.41, 5.74) is 5.44. The molecule has 2 aromatic rings. The lowest BCUT2D eigenvalue weighted by Crippen LogP contribution is -2.39. The number of hydrogen-bond donors (Lipinski definition) is 2. The standard InChI is InChI=1S/C33H43NO3/c1-23(2)34-19-8-20-37-33(30(35)36)15-13-24(14-16-33)25-9-7-10-26(21-25)27-11-12-28-29(22-27)32(5,6)18-17-31(28,3)4/h7,9-16,21-24,34H,8,17-20H2,1-6H3,(H,35,36). The third-order valence-corrected chi connectivity index (χ3v) is 8.11. The number of ether oxygens (including phenoxy) is 1. The maximum absolute atomic E-state index is 12.1. The molecule has 0 unspecified atom stereocenters.